The fourth-order valence-corrected chi connectivity index (χ4v) is 2.45. The molecule has 2 heterocycles. The van der Waals surface area contributed by atoms with Crippen LogP contribution in [0.4, 0.5) is 4.79 Å². The van der Waals surface area contributed by atoms with Crippen molar-refractivity contribution in [1.82, 2.24) is 19.9 Å². The summed E-state index contributed by atoms with van der Waals surface area (Å²) in [4.78, 5) is 42.0. The van der Waals surface area contributed by atoms with Gasteiger partial charge >= 0.3 is 17.8 Å². The van der Waals surface area contributed by atoms with Crippen molar-refractivity contribution in [3.05, 3.63) is 30.2 Å². The normalized spacial score (nSPS) is 14.8. The summed E-state index contributed by atoms with van der Waals surface area (Å²) in [5, 5.41) is 3.84. The van der Waals surface area contributed by atoms with Gasteiger partial charge in [0.05, 0.1) is 7.11 Å². The first kappa shape index (κ1) is 16.6. The van der Waals surface area contributed by atoms with Crippen LogP contribution in [0.15, 0.2) is 28.8 Å². The standard InChI is InChI=1S/C16H16N4O5/c1-9(2)20-15(22)14(21)19(16(20)23)8-12-17-13(18-25-12)10-5-4-6-11(7-10)24-3/h4-7,9H,8H2,1-3H3. The number of imide groups is 2. The molecule has 1 fully saturated rings. The number of aromatic nitrogens is 2. The molecule has 9 heteroatoms. The molecule has 2 aromatic rings. The van der Waals surface area contributed by atoms with Gasteiger partial charge < -0.3 is 9.26 Å². The van der Waals surface area contributed by atoms with Crippen LogP contribution in [0.1, 0.15) is 19.7 Å². The quantitative estimate of drug-likeness (QED) is 0.597. The molecule has 130 valence electrons. The molecule has 0 unspecified atom stereocenters. The van der Waals surface area contributed by atoms with Crippen LogP contribution in [0.5, 0.6) is 5.75 Å². The third-order valence-corrected chi connectivity index (χ3v) is 3.69. The number of methoxy groups -OCH3 is 1. The lowest BCUT2D eigenvalue weighted by Crippen LogP contribution is -2.37. The van der Waals surface area contributed by atoms with Crippen molar-refractivity contribution in [3.8, 4) is 17.1 Å². The Morgan fingerprint density at radius 2 is 1.96 bits per heavy atom. The van der Waals surface area contributed by atoms with Crippen molar-refractivity contribution in [2.45, 2.75) is 26.4 Å². The Morgan fingerprint density at radius 3 is 2.60 bits per heavy atom. The lowest BCUT2D eigenvalue weighted by Gasteiger charge is -2.17. The largest absolute Gasteiger partial charge is 0.497 e. The van der Waals surface area contributed by atoms with Crippen molar-refractivity contribution in [3.63, 3.8) is 0 Å². The highest BCUT2D eigenvalue weighted by atomic mass is 16.5. The van der Waals surface area contributed by atoms with Gasteiger partial charge in [0.15, 0.2) is 0 Å². The number of amides is 4. The van der Waals surface area contributed by atoms with Crippen LogP contribution >= 0.6 is 0 Å². The summed E-state index contributed by atoms with van der Waals surface area (Å²) in [7, 11) is 1.54. The van der Waals surface area contributed by atoms with E-state index < -0.39 is 23.9 Å². The van der Waals surface area contributed by atoms with Crippen LogP contribution < -0.4 is 4.74 Å². The molecule has 1 aliphatic heterocycles. The van der Waals surface area contributed by atoms with Crippen molar-refractivity contribution < 1.29 is 23.6 Å². The molecule has 25 heavy (non-hydrogen) atoms. The van der Waals surface area contributed by atoms with E-state index in [1.165, 1.54) is 0 Å². The predicted octanol–water partition coefficient (Wildman–Crippen LogP) is 1.44. The highest BCUT2D eigenvalue weighted by Gasteiger charge is 2.46. The van der Waals surface area contributed by atoms with Gasteiger partial charge in [-0.25, -0.2) is 9.69 Å². The highest BCUT2D eigenvalue weighted by Crippen LogP contribution is 2.23. The summed E-state index contributed by atoms with van der Waals surface area (Å²) >= 11 is 0. The summed E-state index contributed by atoms with van der Waals surface area (Å²) < 4.78 is 10.2. The molecule has 0 spiro atoms. The fourth-order valence-electron chi connectivity index (χ4n) is 2.45. The fraction of sp³-hybridized carbons (Fsp3) is 0.312. The first-order valence-corrected chi connectivity index (χ1v) is 7.58. The third kappa shape index (κ3) is 2.95. The summed E-state index contributed by atoms with van der Waals surface area (Å²) in [5.41, 5.74) is 0.660. The van der Waals surface area contributed by atoms with Gasteiger partial charge in [-0.1, -0.05) is 17.3 Å². The second-order valence-electron chi connectivity index (χ2n) is 5.69. The maximum atomic E-state index is 12.2. The summed E-state index contributed by atoms with van der Waals surface area (Å²) in [6, 6.07) is 5.95. The predicted molar refractivity (Wildman–Crippen MR) is 84.2 cm³/mol. The van der Waals surface area contributed by atoms with E-state index in [2.05, 4.69) is 10.1 Å². The molecular weight excluding hydrogens is 328 g/mol. The lowest BCUT2D eigenvalue weighted by atomic mass is 10.2. The Balaban J connectivity index is 1.81. The van der Waals surface area contributed by atoms with Gasteiger partial charge in [0.25, 0.3) is 0 Å². The number of urea groups is 1. The monoisotopic (exact) mass is 344 g/mol. The number of benzene rings is 1. The van der Waals surface area contributed by atoms with Crippen LogP contribution in [-0.2, 0) is 16.1 Å². The van der Waals surface area contributed by atoms with Gasteiger partial charge in [-0.3, -0.25) is 14.5 Å². The molecule has 1 saturated heterocycles. The number of hydrogen-bond acceptors (Lipinski definition) is 7. The van der Waals surface area contributed by atoms with Gasteiger partial charge in [-0.05, 0) is 26.0 Å². The Hall–Kier alpha value is -3.23. The second kappa shape index (κ2) is 6.34. The Labute approximate surface area is 143 Å². The minimum atomic E-state index is -0.903. The van der Waals surface area contributed by atoms with Gasteiger partial charge in [-0.15, -0.1) is 0 Å². The lowest BCUT2D eigenvalue weighted by molar-refractivity contribution is -0.144. The molecule has 0 saturated carbocycles. The minimum Gasteiger partial charge on any atom is -0.497 e. The molecule has 0 aliphatic carbocycles. The molecule has 4 amide bonds. The number of rotatable bonds is 5. The summed E-state index contributed by atoms with van der Waals surface area (Å²) in [6.07, 6.45) is 0. The highest BCUT2D eigenvalue weighted by molar-refractivity contribution is 6.44. The molecule has 1 aliphatic rings. The van der Waals surface area contributed by atoms with Crippen molar-refractivity contribution in [2.75, 3.05) is 7.11 Å². The molecule has 0 N–H and O–H groups in total. The number of ether oxygens (including phenoxy) is 1. The van der Waals surface area contributed by atoms with Gasteiger partial charge in [0.1, 0.15) is 12.3 Å². The van der Waals surface area contributed by atoms with E-state index in [-0.39, 0.29) is 12.4 Å². The van der Waals surface area contributed by atoms with E-state index in [9.17, 15) is 14.4 Å². The number of carbonyl (C=O) groups is 3. The van der Waals surface area contributed by atoms with E-state index in [1.807, 2.05) is 0 Å². The molecule has 0 atom stereocenters. The molecule has 0 radical (unpaired) electrons. The number of carbonyl (C=O) groups excluding carboxylic acids is 3. The van der Waals surface area contributed by atoms with E-state index >= 15 is 0 Å². The topological polar surface area (TPSA) is 106 Å². The van der Waals surface area contributed by atoms with Crippen molar-refractivity contribution in [2.24, 2.45) is 0 Å². The minimum absolute atomic E-state index is 0.0536. The van der Waals surface area contributed by atoms with E-state index in [1.54, 1.807) is 45.2 Å². The summed E-state index contributed by atoms with van der Waals surface area (Å²) in [5.74, 6) is -0.780. The SMILES string of the molecule is COc1cccc(-c2noc(CN3C(=O)C(=O)N(C(C)C)C3=O)n2)c1. The smallest absolute Gasteiger partial charge is 0.334 e. The zero-order valence-corrected chi connectivity index (χ0v) is 13.9. The molecular formula is C16H16N4O5. The maximum absolute atomic E-state index is 12.2. The Morgan fingerprint density at radius 1 is 1.20 bits per heavy atom. The van der Waals surface area contributed by atoms with E-state index in [4.69, 9.17) is 9.26 Å². The van der Waals surface area contributed by atoms with Crippen molar-refractivity contribution >= 4 is 17.8 Å². The first-order valence-electron chi connectivity index (χ1n) is 7.58. The van der Waals surface area contributed by atoms with Crippen LogP contribution in [0.25, 0.3) is 11.4 Å². The average molecular weight is 344 g/mol. The van der Waals surface area contributed by atoms with Gasteiger partial charge in [-0.2, -0.15) is 4.98 Å². The van der Waals surface area contributed by atoms with Crippen LogP contribution in [0.2, 0.25) is 0 Å². The first-order chi connectivity index (χ1) is 11.9. The third-order valence-electron chi connectivity index (χ3n) is 3.69. The van der Waals surface area contributed by atoms with Crippen LogP contribution in [0, 0.1) is 0 Å². The maximum Gasteiger partial charge on any atom is 0.334 e. The molecule has 1 aromatic carbocycles. The van der Waals surface area contributed by atoms with E-state index in [0.717, 1.165) is 9.80 Å². The van der Waals surface area contributed by atoms with Crippen molar-refractivity contribution in [1.29, 1.82) is 0 Å². The van der Waals surface area contributed by atoms with Gasteiger partial charge in [0.2, 0.25) is 11.7 Å². The van der Waals surface area contributed by atoms with Gasteiger partial charge in [0, 0.05) is 11.6 Å². The molecule has 9 nitrogen and oxygen atoms in total. The second-order valence-corrected chi connectivity index (χ2v) is 5.69. The average Bonchev–Trinajstić information content (AvgIpc) is 3.14. The zero-order valence-electron chi connectivity index (χ0n) is 13.9. The van der Waals surface area contributed by atoms with Crippen LogP contribution in [0.3, 0.4) is 0 Å². The Bertz CT molecular complexity index is 845. The van der Waals surface area contributed by atoms with E-state index in [0.29, 0.717) is 17.1 Å². The molecule has 0 bridgehead atoms. The molecule has 3 rings (SSSR count). The Kier molecular flexibility index (Phi) is 4.22. The summed E-state index contributed by atoms with van der Waals surface area (Å²) in [6.45, 7) is 3.05. The molecule has 1 aromatic heterocycles. The van der Waals surface area contributed by atoms with Crippen LogP contribution in [-0.4, -0.2) is 50.9 Å². The number of nitrogens with zero attached hydrogens (tertiary/aromatic N) is 4. The zero-order chi connectivity index (χ0) is 18.1. The number of hydrogen-bond donors (Lipinski definition) is 0.